The molecule has 162 valence electrons. The summed E-state index contributed by atoms with van der Waals surface area (Å²) in [7, 11) is 0. The van der Waals surface area contributed by atoms with Gasteiger partial charge in [0.15, 0.2) is 0 Å². The van der Waals surface area contributed by atoms with Crippen molar-refractivity contribution in [1.29, 1.82) is 0 Å². The molecule has 3 rings (SSSR count). The molecule has 2 amide bonds. The summed E-state index contributed by atoms with van der Waals surface area (Å²) in [6.45, 7) is 7.43. The predicted octanol–water partition coefficient (Wildman–Crippen LogP) is 3.72. The number of hydrogen-bond acceptors (Lipinski definition) is 4. The molecule has 1 fully saturated rings. The van der Waals surface area contributed by atoms with Crippen molar-refractivity contribution in [2.75, 3.05) is 19.7 Å². The molecular formula is C23H31FN4O2. The molecule has 0 aliphatic carbocycles. The molecule has 2 heterocycles. The van der Waals surface area contributed by atoms with Crippen molar-refractivity contribution in [2.45, 2.75) is 45.8 Å². The van der Waals surface area contributed by atoms with Crippen LogP contribution >= 0.6 is 0 Å². The van der Waals surface area contributed by atoms with Crippen molar-refractivity contribution in [1.82, 2.24) is 20.5 Å². The van der Waals surface area contributed by atoms with Gasteiger partial charge in [0.1, 0.15) is 11.6 Å². The Labute approximate surface area is 177 Å². The normalized spacial score (nSPS) is 14.5. The monoisotopic (exact) mass is 414 g/mol. The summed E-state index contributed by atoms with van der Waals surface area (Å²) in [6.07, 6.45) is 3.01. The standard InChI is InChI=1S/C23H31FN4O2/c1-17(2)16-30-22-7-3-18(4-8-22)14-28(15-21-6-5-19(24)13-26-21)23(29)27-20-9-11-25-12-10-20/h3-8,13,17,20,25H,9-12,14-16H2,1-2H3,(H,27,29). The zero-order chi connectivity index (χ0) is 21.3. The number of pyridine rings is 1. The fraction of sp³-hybridized carbons (Fsp3) is 0.478. The molecule has 0 spiro atoms. The highest BCUT2D eigenvalue weighted by Crippen LogP contribution is 2.16. The number of ether oxygens (including phenoxy) is 1. The third-order valence-corrected chi connectivity index (χ3v) is 4.98. The minimum Gasteiger partial charge on any atom is -0.493 e. The number of nitrogens with one attached hydrogen (secondary N) is 2. The molecule has 2 aromatic rings. The van der Waals surface area contributed by atoms with Crippen LogP contribution in [0.25, 0.3) is 0 Å². The molecule has 0 unspecified atom stereocenters. The van der Waals surface area contributed by atoms with Crippen LogP contribution in [0.2, 0.25) is 0 Å². The Morgan fingerprint density at radius 1 is 1.20 bits per heavy atom. The first kappa shape index (κ1) is 22.0. The lowest BCUT2D eigenvalue weighted by Crippen LogP contribution is -2.48. The average molecular weight is 415 g/mol. The van der Waals surface area contributed by atoms with Gasteiger partial charge in [-0.15, -0.1) is 0 Å². The number of rotatable bonds is 8. The molecule has 2 N–H and O–H groups in total. The Morgan fingerprint density at radius 3 is 2.57 bits per heavy atom. The van der Waals surface area contributed by atoms with Gasteiger partial charge in [0.05, 0.1) is 25.0 Å². The summed E-state index contributed by atoms with van der Waals surface area (Å²) in [5, 5.41) is 6.44. The smallest absolute Gasteiger partial charge is 0.318 e. The molecule has 1 saturated heterocycles. The zero-order valence-corrected chi connectivity index (χ0v) is 17.7. The van der Waals surface area contributed by atoms with Gasteiger partial charge in [0.2, 0.25) is 0 Å². The Kier molecular flexibility index (Phi) is 8.02. The van der Waals surface area contributed by atoms with E-state index in [1.807, 2.05) is 24.3 Å². The largest absolute Gasteiger partial charge is 0.493 e. The maximum absolute atomic E-state index is 13.2. The van der Waals surface area contributed by atoms with E-state index in [-0.39, 0.29) is 17.9 Å². The minimum absolute atomic E-state index is 0.131. The van der Waals surface area contributed by atoms with Crippen molar-refractivity contribution in [3.63, 3.8) is 0 Å². The molecule has 1 aromatic carbocycles. The van der Waals surface area contributed by atoms with E-state index in [2.05, 4.69) is 29.5 Å². The molecule has 0 bridgehead atoms. The van der Waals surface area contributed by atoms with Crippen LogP contribution in [0, 0.1) is 11.7 Å². The lowest BCUT2D eigenvalue weighted by molar-refractivity contribution is 0.184. The predicted molar refractivity (Wildman–Crippen MR) is 115 cm³/mol. The van der Waals surface area contributed by atoms with E-state index in [0.29, 0.717) is 31.3 Å². The molecule has 6 nitrogen and oxygen atoms in total. The zero-order valence-electron chi connectivity index (χ0n) is 17.7. The van der Waals surface area contributed by atoms with Crippen molar-refractivity contribution in [3.05, 3.63) is 59.7 Å². The van der Waals surface area contributed by atoms with Crippen LogP contribution in [-0.4, -0.2) is 41.7 Å². The highest BCUT2D eigenvalue weighted by molar-refractivity contribution is 5.74. The highest BCUT2D eigenvalue weighted by Gasteiger charge is 2.21. The fourth-order valence-corrected chi connectivity index (χ4v) is 3.30. The Hall–Kier alpha value is -2.67. The van der Waals surface area contributed by atoms with E-state index in [4.69, 9.17) is 4.74 Å². The number of amides is 2. The molecule has 0 radical (unpaired) electrons. The Balaban J connectivity index is 1.67. The molecule has 1 aromatic heterocycles. The van der Waals surface area contributed by atoms with Gasteiger partial charge in [-0.2, -0.15) is 0 Å². The van der Waals surface area contributed by atoms with Crippen LogP contribution in [0.15, 0.2) is 42.6 Å². The average Bonchev–Trinajstić information content (AvgIpc) is 2.75. The molecule has 0 saturated carbocycles. The quantitative estimate of drug-likeness (QED) is 0.691. The van der Waals surface area contributed by atoms with Crippen LogP contribution in [0.4, 0.5) is 9.18 Å². The van der Waals surface area contributed by atoms with E-state index < -0.39 is 0 Å². The van der Waals surface area contributed by atoms with Gasteiger partial charge in [-0.05, 0) is 61.7 Å². The van der Waals surface area contributed by atoms with Gasteiger partial charge >= 0.3 is 6.03 Å². The number of aromatic nitrogens is 1. The van der Waals surface area contributed by atoms with Crippen LogP contribution < -0.4 is 15.4 Å². The van der Waals surface area contributed by atoms with E-state index in [0.717, 1.165) is 37.2 Å². The number of benzene rings is 1. The second-order valence-electron chi connectivity index (χ2n) is 8.15. The highest BCUT2D eigenvalue weighted by atomic mass is 19.1. The number of carbonyl (C=O) groups excluding carboxylic acids is 1. The number of halogens is 1. The van der Waals surface area contributed by atoms with Crippen LogP contribution in [0.3, 0.4) is 0 Å². The number of carbonyl (C=O) groups is 1. The minimum atomic E-state index is -0.388. The molecule has 1 aliphatic rings. The molecular weight excluding hydrogens is 383 g/mol. The first-order valence-corrected chi connectivity index (χ1v) is 10.6. The third kappa shape index (κ3) is 6.99. The second-order valence-corrected chi connectivity index (χ2v) is 8.15. The maximum Gasteiger partial charge on any atom is 0.318 e. The number of hydrogen-bond donors (Lipinski definition) is 2. The molecule has 1 aliphatic heterocycles. The Bertz CT molecular complexity index is 790. The maximum atomic E-state index is 13.2. The summed E-state index contributed by atoms with van der Waals surface area (Å²) in [6, 6.07) is 10.8. The van der Waals surface area contributed by atoms with E-state index in [1.54, 1.807) is 11.0 Å². The van der Waals surface area contributed by atoms with Crippen LogP contribution in [0.5, 0.6) is 5.75 Å². The summed E-state index contributed by atoms with van der Waals surface area (Å²) < 4.78 is 19.0. The number of piperidine rings is 1. The van der Waals surface area contributed by atoms with Crippen molar-refractivity contribution in [2.24, 2.45) is 5.92 Å². The summed E-state index contributed by atoms with van der Waals surface area (Å²) >= 11 is 0. The first-order chi connectivity index (χ1) is 14.5. The van der Waals surface area contributed by atoms with Gasteiger partial charge in [-0.1, -0.05) is 26.0 Å². The van der Waals surface area contributed by atoms with Gasteiger partial charge in [-0.25, -0.2) is 9.18 Å². The van der Waals surface area contributed by atoms with Crippen molar-refractivity contribution >= 4 is 6.03 Å². The number of urea groups is 1. The topological polar surface area (TPSA) is 66.5 Å². The van der Waals surface area contributed by atoms with Crippen LogP contribution in [-0.2, 0) is 13.1 Å². The lowest BCUT2D eigenvalue weighted by atomic mass is 10.1. The fourth-order valence-electron chi connectivity index (χ4n) is 3.30. The third-order valence-electron chi connectivity index (χ3n) is 4.98. The molecule has 0 atom stereocenters. The van der Waals surface area contributed by atoms with Crippen LogP contribution in [0.1, 0.15) is 37.9 Å². The van der Waals surface area contributed by atoms with Crippen molar-refractivity contribution < 1.29 is 13.9 Å². The van der Waals surface area contributed by atoms with Gasteiger partial charge in [-0.3, -0.25) is 4.98 Å². The molecule has 30 heavy (non-hydrogen) atoms. The summed E-state index contributed by atoms with van der Waals surface area (Å²) in [5.74, 6) is 0.891. The van der Waals surface area contributed by atoms with Gasteiger partial charge in [0, 0.05) is 12.6 Å². The van der Waals surface area contributed by atoms with E-state index in [1.165, 1.54) is 12.3 Å². The lowest BCUT2D eigenvalue weighted by Gasteiger charge is -2.29. The van der Waals surface area contributed by atoms with E-state index >= 15 is 0 Å². The Morgan fingerprint density at radius 2 is 1.93 bits per heavy atom. The SMILES string of the molecule is CC(C)COc1ccc(CN(Cc2ccc(F)cn2)C(=O)NC2CCNCC2)cc1. The van der Waals surface area contributed by atoms with Gasteiger partial charge < -0.3 is 20.3 Å². The number of nitrogens with zero attached hydrogens (tertiary/aromatic N) is 2. The van der Waals surface area contributed by atoms with E-state index in [9.17, 15) is 9.18 Å². The summed E-state index contributed by atoms with van der Waals surface area (Å²) in [5.41, 5.74) is 1.64. The first-order valence-electron chi connectivity index (χ1n) is 10.6. The van der Waals surface area contributed by atoms with Crippen molar-refractivity contribution in [3.8, 4) is 5.75 Å². The summed E-state index contributed by atoms with van der Waals surface area (Å²) in [4.78, 5) is 18.8. The second kappa shape index (κ2) is 10.9. The van der Waals surface area contributed by atoms with Gasteiger partial charge in [0.25, 0.3) is 0 Å². The molecule has 7 heteroatoms.